The number of hydrogen-bond acceptors (Lipinski definition) is 5. The van der Waals surface area contributed by atoms with Gasteiger partial charge in [0.1, 0.15) is 5.75 Å². The second-order valence-electron chi connectivity index (χ2n) is 8.45. The lowest BCUT2D eigenvalue weighted by Gasteiger charge is -2.43. The Morgan fingerprint density at radius 2 is 1.73 bits per heavy atom. The molecule has 1 amide bonds. The molecule has 6 nitrogen and oxygen atoms in total. The van der Waals surface area contributed by atoms with E-state index in [1.807, 2.05) is 29.2 Å². The van der Waals surface area contributed by atoms with Gasteiger partial charge in [-0.2, -0.15) is 0 Å². The molecule has 0 saturated carbocycles. The van der Waals surface area contributed by atoms with Crippen LogP contribution in [0.4, 0.5) is 0 Å². The fraction of sp³-hybridized carbons (Fsp3) is 0.542. The molecular weight excluding hydrogens is 378 g/mol. The van der Waals surface area contributed by atoms with Crippen molar-refractivity contribution in [3.63, 3.8) is 0 Å². The summed E-state index contributed by atoms with van der Waals surface area (Å²) in [6.07, 6.45) is 5.44. The summed E-state index contributed by atoms with van der Waals surface area (Å²) < 4.78 is 10.9. The molecule has 0 aromatic heterocycles. The summed E-state index contributed by atoms with van der Waals surface area (Å²) in [6, 6.07) is 8.14. The maximum Gasteiger partial charge on any atom is 0.230 e. The number of amides is 1. The number of fused-ring (bicyclic) bond motifs is 1. The van der Waals surface area contributed by atoms with Crippen LogP contribution in [0, 0.1) is 0 Å². The van der Waals surface area contributed by atoms with E-state index in [1.54, 1.807) is 14.2 Å². The molecule has 4 rings (SSSR count). The van der Waals surface area contributed by atoms with Gasteiger partial charge in [-0.3, -0.25) is 9.69 Å². The van der Waals surface area contributed by atoms with Gasteiger partial charge in [0.25, 0.3) is 0 Å². The molecular formula is C24H33N3O3. The Bertz CT molecular complexity index is 823. The number of likely N-dealkylation sites (N-methyl/N-ethyl adjacent to an activating group) is 1. The first kappa shape index (κ1) is 20.9. The maximum atomic E-state index is 13.1. The number of carbonyl (C=O) groups is 1. The predicted molar refractivity (Wildman–Crippen MR) is 117 cm³/mol. The zero-order valence-corrected chi connectivity index (χ0v) is 18.4. The maximum absolute atomic E-state index is 13.1. The van der Waals surface area contributed by atoms with Gasteiger partial charge in [-0.1, -0.05) is 12.1 Å². The highest BCUT2D eigenvalue weighted by Gasteiger charge is 2.35. The van der Waals surface area contributed by atoms with Crippen LogP contribution in [0.25, 0.3) is 0 Å². The van der Waals surface area contributed by atoms with Gasteiger partial charge in [0.05, 0.1) is 26.4 Å². The normalized spacial score (nSPS) is 23.1. The minimum atomic E-state index is 0.147. The minimum Gasteiger partial charge on any atom is -0.501 e. The number of allylic oxidation sites excluding steroid dienone is 1. The van der Waals surface area contributed by atoms with Crippen LogP contribution in [0.15, 0.2) is 47.4 Å². The van der Waals surface area contributed by atoms with Crippen LogP contribution in [0.2, 0.25) is 0 Å². The van der Waals surface area contributed by atoms with E-state index in [-0.39, 0.29) is 5.91 Å². The number of rotatable bonds is 5. The first-order valence-corrected chi connectivity index (χ1v) is 10.9. The van der Waals surface area contributed by atoms with Crippen molar-refractivity contribution in [2.45, 2.75) is 31.7 Å². The van der Waals surface area contributed by atoms with Gasteiger partial charge in [0.2, 0.25) is 5.91 Å². The molecule has 1 aliphatic carbocycles. The van der Waals surface area contributed by atoms with Crippen LogP contribution in [0.1, 0.15) is 24.8 Å². The first-order chi connectivity index (χ1) is 14.6. The van der Waals surface area contributed by atoms with Crippen molar-refractivity contribution in [1.82, 2.24) is 14.7 Å². The highest BCUT2D eigenvalue weighted by molar-refractivity contribution is 5.80. The van der Waals surface area contributed by atoms with E-state index in [0.717, 1.165) is 69.1 Å². The van der Waals surface area contributed by atoms with Crippen molar-refractivity contribution in [3.05, 3.63) is 52.9 Å². The average molecular weight is 412 g/mol. The quantitative estimate of drug-likeness (QED) is 0.746. The zero-order valence-electron chi connectivity index (χ0n) is 18.4. The van der Waals surface area contributed by atoms with E-state index in [4.69, 9.17) is 9.47 Å². The molecule has 1 unspecified atom stereocenters. The van der Waals surface area contributed by atoms with Gasteiger partial charge in [0, 0.05) is 51.4 Å². The van der Waals surface area contributed by atoms with Crippen molar-refractivity contribution >= 4 is 5.91 Å². The summed E-state index contributed by atoms with van der Waals surface area (Å²) >= 11 is 0. The highest BCUT2D eigenvalue weighted by atomic mass is 16.5. The number of ether oxygens (including phenoxy) is 2. The number of nitrogens with zero attached hydrogens (tertiary/aromatic N) is 3. The molecule has 1 saturated heterocycles. The van der Waals surface area contributed by atoms with Crippen molar-refractivity contribution in [2.75, 3.05) is 54.0 Å². The van der Waals surface area contributed by atoms with E-state index < -0.39 is 0 Å². The molecule has 6 heteroatoms. The van der Waals surface area contributed by atoms with Crippen molar-refractivity contribution in [2.24, 2.45) is 0 Å². The lowest BCUT2D eigenvalue weighted by atomic mass is 9.83. The molecule has 0 bridgehead atoms. The molecule has 1 aromatic carbocycles. The van der Waals surface area contributed by atoms with E-state index in [0.29, 0.717) is 12.5 Å². The van der Waals surface area contributed by atoms with Gasteiger partial charge in [0.15, 0.2) is 0 Å². The van der Waals surface area contributed by atoms with E-state index in [1.165, 1.54) is 11.1 Å². The highest BCUT2D eigenvalue weighted by Crippen LogP contribution is 2.38. The summed E-state index contributed by atoms with van der Waals surface area (Å²) in [6.45, 7) is 5.07. The molecule has 0 radical (unpaired) electrons. The summed E-state index contributed by atoms with van der Waals surface area (Å²) in [5, 5.41) is 0. The summed E-state index contributed by atoms with van der Waals surface area (Å²) in [5.74, 6) is 2.06. The Labute approximate surface area is 179 Å². The second kappa shape index (κ2) is 9.23. The lowest BCUT2D eigenvalue weighted by Crippen LogP contribution is -2.51. The Morgan fingerprint density at radius 1 is 1.00 bits per heavy atom. The third kappa shape index (κ3) is 4.40. The topological polar surface area (TPSA) is 45.2 Å². The van der Waals surface area contributed by atoms with Crippen molar-refractivity contribution < 1.29 is 14.3 Å². The van der Waals surface area contributed by atoms with Gasteiger partial charge < -0.3 is 19.3 Å². The zero-order chi connectivity index (χ0) is 21.1. The number of carbonyl (C=O) groups excluding carboxylic acids is 1. The molecule has 3 aliphatic rings. The molecule has 162 valence electrons. The molecule has 0 spiro atoms. The van der Waals surface area contributed by atoms with Crippen LogP contribution in [-0.4, -0.2) is 80.6 Å². The predicted octanol–water partition coefficient (Wildman–Crippen LogP) is 2.66. The number of methoxy groups -OCH3 is 2. The lowest BCUT2D eigenvalue weighted by molar-refractivity contribution is -0.128. The smallest absolute Gasteiger partial charge is 0.230 e. The number of piperazine rings is 1. The molecule has 2 aliphatic heterocycles. The Morgan fingerprint density at radius 3 is 2.40 bits per heavy atom. The SMILES string of the molecule is COC1=C2CCN(C(=O)Cc3ccc(OC)cc3)C=C2C(N2CCN(C)CC2)CC1. The van der Waals surface area contributed by atoms with Crippen molar-refractivity contribution in [3.8, 4) is 5.75 Å². The number of benzene rings is 1. The van der Waals surface area contributed by atoms with Crippen LogP contribution >= 0.6 is 0 Å². The average Bonchev–Trinajstić information content (AvgIpc) is 2.79. The summed E-state index contributed by atoms with van der Waals surface area (Å²) in [4.78, 5) is 20.0. The van der Waals surface area contributed by atoms with E-state index in [2.05, 4.69) is 23.0 Å². The molecule has 1 atom stereocenters. The monoisotopic (exact) mass is 411 g/mol. The fourth-order valence-electron chi connectivity index (χ4n) is 4.80. The van der Waals surface area contributed by atoms with Crippen LogP contribution in [0.5, 0.6) is 5.75 Å². The van der Waals surface area contributed by atoms with Gasteiger partial charge in [-0.05, 0) is 48.7 Å². The molecule has 1 fully saturated rings. The van der Waals surface area contributed by atoms with Gasteiger partial charge in [-0.25, -0.2) is 0 Å². The molecule has 2 heterocycles. The van der Waals surface area contributed by atoms with Crippen LogP contribution < -0.4 is 4.74 Å². The molecule has 1 aromatic rings. The standard InChI is InChI=1S/C24H33N3O3/c1-25-12-14-26(15-13-25)22-8-9-23(30-3)20-10-11-27(17-21(20)22)24(28)16-18-4-6-19(29-2)7-5-18/h4-7,17,22H,8-16H2,1-3H3. The van der Waals surface area contributed by atoms with Crippen molar-refractivity contribution in [1.29, 1.82) is 0 Å². The second-order valence-corrected chi connectivity index (χ2v) is 8.45. The van der Waals surface area contributed by atoms with Crippen LogP contribution in [-0.2, 0) is 16.0 Å². The summed E-state index contributed by atoms with van der Waals surface area (Å²) in [5.41, 5.74) is 3.62. The first-order valence-electron chi connectivity index (χ1n) is 10.9. The van der Waals surface area contributed by atoms with Gasteiger partial charge >= 0.3 is 0 Å². The summed E-state index contributed by atoms with van der Waals surface area (Å²) in [7, 11) is 5.61. The third-order valence-electron chi connectivity index (χ3n) is 6.65. The van der Waals surface area contributed by atoms with Crippen LogP contribution in [0.3, 0.4) is 0 Å². The molecule has 30 heavy (non-hydrogen) atoms. The van der Waals surface area contributed by atoms with Gasteiger partial charge in [-0.15, -0.1) is 0 Å². The third-order valence-corrected chi connectivity index (χ3v) is 6.65. The van der Waals surface area contributed by atoms with E-state index >= 15 is 0 Å². The minimum absolute atomic E-state index is 0.147. The molecule has 0 N–H and O–H groups in total. The number of hydrogen-bond donors (Lipinski definition) is 0. The largest absolute Gasteiger partial charge is 0.501 e. The fourth-order valence-corrected chi connectivity index (χ4v) is 4.80. The Balaban J connectivity index is 1.53. The Kier molecular flexibility index (Phi) is 6.44. The Hall–Kier alpha value is -2.31. The van der Waals surface area contributed by atoms with E-state index in [9.17, 15) is 4.79 Å².